The van der Waals surface area contributed by atoms with Gasteiger partial charge in [0.1, 0.15) is 5.75 Å². The number of ether oxygens (including phenoxy) is 2. The van der Waals surface area contributed by atoms with Gasteiger partial charge in [-0.15, -0.1) is 0 Å². The molecule has 35 heavy (non-hydrogen) atoms. The van der Waals surface area contributed by atoms with Crippen LogP contribution in [0.2, 0.25) is 0 Å². The Hall–Kier alpha value is -3.11. The van der Waals surface area contributed by atoms with E-state index in [-0.39, 0.29) is 29.4 Å². The molecule has 2 aromatic rings. The molecule has 2 aromatic carbocycles. The number of benzene rings is 2. The number of piperidine rings is 1. The van der Waals surface area contributed by atoms with E-state index in [2.05, 4.69) is 10.0 Å². The van der Waals surface area contributed by atoms with Gasteiger partial charge in [0.25, 0.3) is 0 Å². The van der Waals surface area contributed by atoms with Crippen LogP contribution in [-0.4, -0.2) is 58.2 Å². The van der Waals surface area contributed by atoms with Crippen molar-refractivity contribution in [3.8, 4) is 5.75 Å². The van der Waals surface area contributed by atoms with Gasteiger partial charge in [-0.25, -0.2) is 17.9 Å². The van der Waals surface area contributed by atoms with Gasteiger partial charge in [-0.05, 0) is 56.5 Å². The van der Waals surface area contributed by atoms with Crippen LogP contribution in [0.3, 0.4) is 0 Å². The number of nitrogens with zero attached hydrogens (tertiary/aromatic N) is 1. The molecule has 1 aliphatic heterocycles. The van der Waals surface area contributed by atoms with Crippen LogP contribution >= 0.6 is 0 Å². The molecule has 0 aromatic heterocycles. The number of methoxy groups -OCH3 is 1. The smallest absolute Gasteiger partial charge is 0.409 e. The molecule has 0 spiro atoms. The van der Waals surface area contributed by atoms with Crippen molar-refractivity contribution in [1.82, 2.24) is 14.9 Å². The Morgan fingerprint density at radius 1 is 1.06 bits per heavy atom. The van der Waals surface area contributed by atoms with E-state index >= 15 is 0 Å². The lowest BCUT2D eigenvalue weighted by Gasteiger charge is -2.32. The highest BCUT2D eigenvalue weighted by atomic mass is 32.2. The van der Waals surface area contributed by atoms with E-state index < -0.39 is 16.1 Å². The SMILES string of the molecule is CCOC(=O)N1CCC(NC(=O)CC(NS(=O)(=O)c2ccc(C)cc2)c2ccc(OC)cc2)CC1. The fourth-order valence-electron chi connectivity index (χ4n) is 3.93. The molecule has 1 aliphatic rings. The van der Waals surface area contributed by atoms with Crippen molar-refractivity contribution in [2.75, 3.05) is 26.8 Å². The lowest BCUT2D eigenvalue weighted by Crippen LogP contribution is -2.47. The number of sulfonamides is 1. The standard InChI is InChI=1S/C25H33N3O6S/c1-4-34-25(30)28-15-13-20(14-16-28)26-24(29)17-23(19-7-9-21(33-3)10-8-19)27-35(31,32)22-11-5-18(2)6-12-22/h5-12,20,23,27H,4,13-17H2,1-3H3,(H,26,29). The molecule has 0 radical (unpaired) electrons. The molecule has 1 fully saturated rings. The number of aryl methyl sites for hydroxylation is 1. The van der Waals surface area contributed by atoms with E-state index in [4.69, 9.17) is 9.47 Å². The molecule has 0 saturated carbocycles. The fourth-order valence-corrected chi connectivity index (χ4v) is 5.15. The minimum absolute atomic E-state index is 0.0739. The van der Waals surface area contributed by atoms with Crippen LogP contribution in [0, 0.1) is 6.92 Å². The highest BCUT2D eigenvalue weighted by molar-refractivity contribution is 7.89. The predicted molar refractivity (Wildman–Crippen MR) is 132 cm³/mol. The average molecular weight is 504 g/mol. The summed E-state index contributed by atoms with van der Waals surface area (Å²) in [7, 11) is -2.31. The highest BCUT2D eigenvalue weighted by Gasteiger charge is 2.27. The quantitative estimate of drug-likeness (QED) is 0.543. The number of nitrogens with one attached hydrogen (secondary N) is 2. The first-order valence-corrected chi connectivity index (χ1v) is 13.1. The summed E-state index contributed by atoms with van der Waals surface area (Å²) in [5, 5.41) is 2.99. The second-order valence-electron chi connectivity index (χ2n) is 8.49. The van der Waals surface area contributed by atoms with Crippen molar-refractivity contribution in [2.45, 2.75) is 50.1 Å². The van der Waals surface area contributed by atoms with Crippen molar-refractivity contribution in [2.24, 2.45) is 0 Å². The lowest BCUT2D eigenvalue weighted by molar-refractivity contribution is -0.122. The van der Waals surface area contributed by atoms with E-state index in [1.165, 1.54) is 0 Å². The number of amides is 2. The Balaban J connectivity index is 1.69. The van der Waals surface area contributed by atoms with Crippen molar-refractivity contribution >= 4 is 22.0 Å². The zero-order chi connectivity index (χ0) is 25.4. The molecule has 190 valence electrons. The minimum atomic E-state index is -3.86. The molecule has 10 heteroatoms. The van der Waals surface area contributed by atoms with E-state index in [1.54, 1.807) is 67.5 Å². The summed E-state index contributed by atoms with van der Waals surface area (Å²) in [6.45, 7) is 4.95. The van der Waals surface area contributed by atoms with Gasteiger partial charge in [-0.3, -0.25) is 4.79 Å². The summed E-state index contributed by atoms with van der Waals surface area (Å²) in [6.07, 6.45) is 0.789. The summed E-state index contributed by atoms with van der Waals surface area (Å²) in [4.78, 5) is 26.6. The Bertz CT molecular complexity index is 1100. The molecular formula is C25H33N3O6S. The van der Waals surface area contributed by atoms with Gasteiger partial charge in [-0.1, -0.05) is 29.8 Å². The van der Waals surface area contributed by atoms with Crippen LogP contribution in [0.1, 0.15) is 43.4 Å². The Labute approximate surface area is 206 Å². The van der Waals surface area contributed by atoms with E-state index in [0.29, 0.717) is 43.9 Å². The summed E-state index contributed by atoms with van der Waals surface area (Å²) in [6, 6.07) is 12.6. The third kappa shape index (κ3) is 7.43. The molecule has 1 heterocycles. The molecule has 0 aliphatic carbocycles. The average Bonchev–Trinajstić information content (AvgIpc) is 2.84. The molecule has 3 rings (SSSR count). The minimum Gasteiger partial charge on any atom is -0.497 e. The molecule has 0 bridgehead atoms. The van der Waals surface area contributed by atoms with E-state index in [0.717, 1.165) is 5.56 Å². The Morgan fingerprint density at radius 2 is 1.69 bits per heavy atom. The van der Waals surface area contributed by atoms with Crippen LogP contribution in [0.15, 0.2) is 53.4 Å². The topological polar surface area (TPSA) is 114 Å². The maximum absolute atomic E-state index is 13.1. The normalized spacial score (nSPS) is 15.3. The zero-order valence-electron chi connectivity index (χ0n) is 20.3. The molecule has 1 unspecified atom stereocenters. The number of carbonyl (C=O) groups is 2. The first-order valence-electron chi connectivity index (χ1n) is 11.7. The van der Waals surface area contributed by atoms with Crippen molar-refractivity contribution in [3.63, 3.8) is 0 Å². The van der Waals surface area contributed by atoms with Crippen LogP contribution in [0.25, 0.3) is 0 Å². The molecule has 9 nitrogen and oxygen atoms in total. The molecule has 2 N–H and O–H groups in total. The molecule has 1 saturated heterocycles. The summed E-state index contributed by atoms with van der Waals surface area (Å²) >= 11 is 0. The lowest BCUT2D eigenvalue weighted by atomic mass is 10.0. The number of likely N-dealkylation sites (tertiary alicyclic amines) is 1. The van der Waals surface area contributed by atoms with Crippen molar-refractivity contribution in [3.05, 3.63) is 59.7 Å². The number of hydrogen-bond acceptors (Lipinski definition) is 6. The van der Waals surface area contributed by atoms with Crippen LogP contribution in [-0.2, 0) is 19.6 Å². The largest absolute Gasteiger partial charge is 0.497 e. The third-order valence-electron chi connectivity index (χ3n) is 5.92. The highest BCUT2D eigenvalue weighted by Crippen LogP contribution is 2.24. The number of rotatable bonds is 9. The second-order valence-corrected chi connectivity index (χ2v) is 10.2. The predicted octanol–water partition coefficient (Wildman–Crippen LogP) is 3.15. The second kappa shape index (κ2) is 12.0. The van der Waals surface area contributed by atoms with Gasteiger partial charge >= 0.3 is 6.09 Å². The summed E-state index contributed by atoms with van der Waals surface area (Å²) in [5.74, 6) is 0.360. The van der Waals surface area contributed by atoms with Gasteiger partial charge in [0, 0.05) is 25.6 Å². The number of hydrogen-bond donors (Lipinski definition) is 2. The first kappa shape index (κ1) is 26.5. The van der Waals surface area contributed by atoms with Crippen LogP contribution in [0.5, 0.6) is 5.75 Å². The Morgan fingerprint density at radius 3 is 2.26 bits per heavy atom. The van der Waals surface area contributed by atoms with Gasteiger partial charge in [0.05, 0.1) is 24.7 Å². The van der Waals surface area contributed by atoms with Gasteiger partial charge in [0.2, 0.25) is 15.9 Å². The first-order chi connectivity index (χ1) is 16.7. The van der Waals surface area contributed by atoms with Crippen LogP contribution < -0.4 is 14.8 Å². The van der Waals surface area contributed by atoms with Crippen molar-refractivity contribution < 1.29 is 27.5 Å². The van der Waals surface area contributed by atoms with Gasteiger partial charge < -0.3 is 19.7 Å². The van der Waals surface area contributed by atoms with E-state index in [1.807, 2.05) is 6.92 Å². The maximum atomic E-state index is 13.1. The monoisotopic (exact) mass is 503 g/mol. The summed E-state index contributed by atoms with van der Waals surface area (Å²) in [5.41, 5.74) is 1.60. The summed E-state index contributed by atoms with van der Waals surface area (Å²) < 4.78 is 39.0. The molecule has 1 atom stereocenters. The maximum Gasteiger partial charge on any atom is 0.409 e. The Kier molecular flexibility index (Phi) is 9.11. The number of carbonyl (C=O) groups excluding carboxylic acids is 2. The van der Waals surface area contributed by atoms with Gasteiger partial charge in [-0.2, -0.15) is 0 Å². The van der Waals surface area contributed by atoms with Crippen molar-refractivity contribution in [1.29, 1.82) is 0 Å². The van der Waals surface area contributed by atoms with Gasteiger partial charge in [0.15, 0.2) is 0 Å². The van der Waals surface area contributed by atoms with E-state index in [9.17, 15) is 18.0 Å². The van der Waals surface area contributed by atoms with Crippen LogP contribution in [0.4, 0.5) is 4.79 Å². The molecular weight excluding hydrogens is 470 g/mol. The molecule has 2 amide bonds. The third-order valence-corrected chi connectivity index (χ3v) is 7.41. The fraction of sp³-hybridized carbons (Fsp3) is 0.440. The zero-order valence-corrected chi connectivity index (χ0v) is 21.1.